The number of hydrogen-bond donors (Lipinski definition) is 1. The molecule has 0 unspecified atom stereocenters. The number of furan rings is 1. The highest BCUT2D eigenvalue weighted by molar-refractivity contribution is 6.34. The molecule has 1 amide bonds. The van der Waals surface area contributed by atoms with Crippen LogP contribution in [0.2, 0.25) is 5.02 Å². The van der Waals surface area contributed by atoms with Crippen LogP contribution < -0.4 is 10.9 Å². The molecule has 1 N–H and O–H groups in total. The number of nitrogens with zero attached hydrogens (tertiary/aromatic N) is 2. The Morgan fingerprint density at radius 2 is 1.93 bits per heavy atom. The second-order valence-corrected chi connectivity index (χ2v) is 6.57. The van der Waals surface area contributed by atoms with Crippen LogP contribution >= 0.6 is 11.6 Å². The Bertz CT molecular complexity index is 1310. The van der Waals surface area contributed by atoms with Crippen molar-refractivity contribution in [1.29, 1.82) is 0 Å². The maximum atomic E-state index is 13.2. The summed E-state index contributed by atoms with van der Waals surface area (Å²) in [7, 11) is 0. The monoisotopic (exact) mass is 421 g/mol. The van der Waals surface area contributed by atoms with E-state index in [9.17, 15) is 22.8 Å². The van der Waals surface area contributed by atoms with Crippen LogP contribution in [0.3, 0.4) is 0 Å². The Morgan fingerprint density at radius 3 is 2.69 bits per heavy atom. The van der Waals surface area contributed by atoms with Crippen LogP contribution in [-0.2, 0) is 17.5 Å². The van der Waals surface area contributed by atoms with Gasteiger partial charge in [0, 0.05) is 5.39 Å². The first kappa shape index (κ1) is 19.0. The van der Waals surface area contributed by atoms with Gasteiger partial charge in [-0.15, -0.1) is 0 Å². The average molecular weight is 422 g/mol. The molecular weight excluding hydrogens is 411 g/mol. The molecule has 4 aromatic rings. The second-order valence-electron chi connectivity index (χ2n) is 6.16. The van der Waals surface area contributed by atoms with Crippen molar-refractivity contribution in [1.82, 2.24) is 9.55 Å². The molecule has 148 valence electrons. The number of fused-ring (bicyclic) bond motifs is 3. The quantitative estimate of drug-likeness (QED) is 0.530. The van der Waals surface area contributed by atoms with Crippen molar-refractivity contribution in [3.05, 3.63) is 69.7 Å². The Hall–Kier alpha value is -3.33. The van der Waals surface area contributed by atoms with E-state index in [4.69, 9.17) is 16.0 Å². The van der Waals surface area contributed by atoms with Gasteiger partial charge in [0.2, 0.25) is 11.5 Å². The SMILES string of the molecule is O=C(Cn1cnc2c(oc3ccccc32)c1=O)Nc1c(Cl)cccc1C(F)(F)F. The van der Waals surface area contributed by atoms with E-state index in [0.717, 1.165) is 23.0 Å². The predicted molar refractivity (Wildman–Crippen MR) is 101 cm³/mol. The number of carbonyl (C=O) groups is 1. The van der Waals surface area contributed by atoms with Gasteiger partial charge in [-0.25, -0.2) is 4.98 Å². The fourth-order valence-electron chi connectivity index (χ4n) is 2.95. The van der Waals surface area contributed by atoms with Gasteiger partial charge >= 0.3 is 6.18 Å². The maximum absolute atomic E-state index is 13.2. The number of anilines is 1. The predicted octanol–water partition coefficient (Wildman–Crippen LogP) is 4.45. The molecule has 0 radical (unpaired) electrons. The number of nitrogens with one attached hydrogen (secondary N) is 1. The van der Waals surface area contributed by atoms with Gasteiger partial charge in [-0.2, -0.15) is 13.2 Å². The molecule has 0 bridgehead atoms. The second kappa shape index (κ2) is 6.93. The van der Waals surface area contributed by atoms with Gasteiger partial charge in [0.1, 0.15) is 17.6 Å². The summed E-state index contributed by atoms with van der Waals surface area (Å²) in [6.07, 6.45) is -3.57. The highest BCUT2D eigenvalue weighted by atomic mass is 35.5. The van der Waals surface area contributed by atoms with Crippen molar-refractivity contribution < 1.29 is 22.4 Å². The van der Waals surface area contributed by atoms with E-state index < -0.39 is 35.4 Å². The molecular formula is C19H11ClF3N3O3. The number of amides is 1. The van der Waals surface area contributed by atoms with E-state index in [0.29, 0.717) is 16.5 Å². The van der Waals surface area contributed by atoms with Crippen LogP contribution in [0.1, 0.15) is 5.56 Å². The lowest BCUT2D eigenvalue weighted by Gasteiger charge is -2.15. The van der Waals surface area contributed by atoms with E-state index in [1.807, 2.05) is 0 Å². The molecule has 0 spiro atoms. The summed E-state index contributed by atoms with van der Waals surface area (Å²) in [6, 6.07) is 10.1. The number of halogens is 4. The Labute approximate surface area is 165 Å². The molecule has 10 heteroatoms. The highest BCUT2D eigenvalue weighted by Gasteiger charge is 2.34. The van der Waals surface area contributed by atoms with Gasteiger partial charge in [0.25, 0.3) is 5.56 Å². The molecule has 4 rings (SSSR count). The third-order valence-electron chi connectivity index (χ3n) is 4.25. The number of para-hydroxylation sites is 2. The smallest absolute Gasteiger partial charge is 0.418 e. The molecule has 0 aliphatic rings. The highest BCUT2D eigenvalue weighted by Crippen LogP contribution is 2.38. The third kappa shape index (κ3) is 3.44. The summed E-state index contributed by atoms with van der Waals surface area (Å²) in [5.74, 6) is -0.872. The lowest BCUT2D eigenvalue weighted by molar-refractivity contribution is -0.137. The summed E-state index contributed by atoms with van der Waals surface area (Å²) < 4.78 is 45.9. The number of rotatable bonds is 3. The topological polar surface area (TPSA) is 77.1 Å². The molecule has 2 aromatic heterocycles. The van der Waals surface area contributed by atoms with Gasteiger partial charge in [0.15, 0.2) is 0 Å². The minimum absolute atomic E-state index is 0.0461. The fraction of sp³-hybridized carbons (Fsp3) is 0.105. The van der Waals surface area contributed by atoms with Crippen molar-refractivity contribution in [2.24, 2.45) is 0 Å². The molecule has 29 heavy (non-hydrogen) atoms. The number of hydrogen-bond acceptors (Lipinski definition) is 4. The molecule has 2 heterocycles. The lowest BCUT2D eigenvalue weighted by Crippen LogP contribution is -2.28. The summed E-state index contributed by atoms with van der Waals surface area (Å²) in [4.78, 5) is 29.1. The van der Waals surface area contributed by atoms with Crippen LogP contribution in [0, 0.1) is 0 Å². The van der Waals surface area contributed by atoms with Gasteiger partial charge in [-0.3, -0.25) is 14.2 Å². The zero-order chi connectivity index (χ0) is 20.8. The van der Waals surface area contributed by atoms with Crippen LogP contribution in [0.4, 0.5) is 18.9 Å². The summed E-state index contributed by atoms with van der Waals surface area (Å²) in [5, 5.41) is 2.50. The van der Waals surface area contributed by atoms with E-state index in [1.165, 1.54) is 6.07 Å². The van der Waals surface area contributed by atoms with Crippen molar-refractivity contribution in [2.75, 3.05) is 5.32 Å². The van der Waals surface area contributed by atoms with Crippen molar-refractivity contribution >= 4 is 45.3 Å². The first-order chi connectivity index (χ1) is 13.8. The Morgan fingerprint density at radius 1 is 1.17 bits per heavy atom. The molecule has 0 aliphatic carbocycles. The van der Waals surface area contributed by atoms with Gasteiger partial charge in [-0.05, 0) is 24.3 Å². The molecule has 0 saturated carbocycles. The van der Waals surface area contributed by atoms with E-state index in [1.54, 1.807) is 24.3 Å². The summed E-state index contributed by atoms with van der Waals surface area (Å²) in [5.41, 5.74) is -1.53. The first-order valence-electron chi connectivity index (χ1n) is 8.28. The molecule has 0 atom stereocenters. The lowest BCUT2D eigenvalue weighted by atomic mass is 10.1. The first-order valence-corrected chi connectivity index (χ1v) is 8.66. The van der Waals surface area contributed by atoms with Crippen molar-refractivity contribution in [2.45, 2.75) is 12.7 Å². The molecule has 0 fully saturated rings. The minimum Gasteiger partial charge on any atom is -0.448 e. The fourth-order valence-corrected chi connectivity index (χ4v) is 3.17. The van der Waals surface area contributed by atoms with Crippen molar-refractivity contribution in [3.8, 4) is 0 Å². The standard InChI is InChI=1S/C19H11ClF3N3O3/c20-12-6-3-5-11(19(21,22)23)16(12)25-14(27)8-26-9-24-15-10-4-1-2-7-13(10)29-17(15)18(26)28/h1-7,9H,8H2,(H,25,27). The van der Waals surface area contributed by atoms with Crippen LogP contribution in [-0.4, -0.2) is 15.5 Å². The molecule has 0 aliphatic heterocycles. The van der Waals surface area contributed by atoms with Crippen LogP contribution in [0.5, 0.6) is 0 Å². The Balaban J connectivity index is 1.66. The van der Waals surface area contributed by atoms with E-state index in [-0.39, 0.29) is 10.6 Å². The van der Waals surface area contributed by atoms with Crippen molar-refractivity contribution in [3.63, 3.8) is 0 Å². The van der Waals surface area contributed by atoms with Crippen LogP contribution in [0.15, 0.2) is 58.0 Å². The molecule has 2 aromatic carbocycles. The number of benzene rings is 2. The van der Waals surface area contributed by atoms with E-state index in [2.05, 4.69) is 10.3 Å². The van der Waals surface area contributed by atoms with E-state index >= 15 is 0 Å². The third-order valence-corrected chi connectivity index (χ3v) is 4.56. The zero-order valence-corrected chi connectivity index (χ0v) is 15.2. The molecule has 0 saturated heterocycles. The zero-order valence-electron chi connectivity index (χ0n) is 14.5. The van der Waals surface area contributed by atoms with Gasteiger partial charge in [-0.1, -0.05) is 29.8 Å². The molecule has 6 nitrogen and oxygen atoms in total. The number of aromatic nitrogens is 2. The summed E-state index contributed by atoms with van der Waals surface area (Å²) in [6.45, 7) is -0.568. The number of carbonyl (C=O) groups excluding carboxylic acids is 1. The summed E-state index contributed by atoms with van der Waals surface area (Å²) >= 11 is 5.83. The Kier molecular flexibility index (Phi) is 4.54. The van der Waals surface area contributed by atoms with Gasteiger partial charge in [0.05, 0.1) is 22.6 Å². The van der Waals surface area contributed by atoms with Crippen LogP contribution in [0.25, 0.3) is 22.1 Å². The normalized spacial score (nSPS) is 11.9. The largest absolute Gasteiger partial charge is 0.448 e. The minimum atomic E-state index is -4.71. The maximum Gasteiger partial charge on any atom is 0.418 e. The number of alkyl halides is 3. The average Bonchev–Trinajstić information content (AvgIpc) is 3.04. The van der Waals surface area contributed by atoms with Gasteiger partial charge < -0.3 is 9.73 Å².